The van der Waals surface area contributed by atoms with Gasteiger partial charge in [-0.2, -0.15) is 13.2 Å². The van der Waals surface area contributed by atoms with E-state index >= 15 is 0 Å². The average Bonchev–Trinajstić information content (AvgIpc) is 2.33. The molecule has 7 heteroatoms. The minimum absolute atomic E-state index is 0.0865. The first kappa shape index (κ1) is 16.6. The third-order valence-corrected chi connectivity index (χ3v) is 2.62. The number of ketones is 1. The molecule has 0 bridgehead atoms. The molecule has 0 radical (unpaired) electrons. The van der Waals surface area contributed by atoms with E-state index in [1.54, 1.807) is 0 Å². The van der Waals surface area contributed by atoms with Gasteiger partial charge in [0.2, 0.25) is 0 Å². The lowest BCUT2D eigenvalue weighted by atomic mass is 10.1. The Morgan fingerprint density at radius 2 is 1.95 bits per heavy atom. The van der Waals surface area contributed by atoms with Crippen LogP contribution in [-0.4, -0.2) is 44.4 Å². The molecule has 1 N–H and O–H groups in total. The normalized spacial score (nSPS) is 11.9. The second kappa shape index (κ2) is 6.81. The molecule has 20 heavy (non-hydrogen) atoms. The highest BCUT2D eigenvalue weighted by Crippen LogP contribution is 2.31. The van der Waals surface area contributed by atoms with E-state index in [-0.39, 0.29) is 12.1 Å². The van der Waals surface area contributed by atoms with Gasteiger partial charge >= 0.3 is 6.18 Å². The number of benzene rings is 1. The Balaban J connectivity index is 2.70. The lowest BCUT2D eigenvalue weighted by Gasteiger charge is -2.11. The summed E-state index contributed by atoms with van der Waals surface area (Å²) < 4.78 is 50.6. The van der Waals surface area contributed by atoms with E-state index in [0.29, 0.717) is 25.2 Å². The molecule has 0 aliphatic rings. The molecule has 0 aliphatic carbocycles. The van der Waals surface area contributed by atoms with Gasteiger partial charge in [-0.05, 0) is 32.3 Å². The van der Waals surface area contributed by atoms with Crippen molar-refractivity contribution in [2.75, 3.05) is 33.7 Å². The molecule has 112 valence electrons. The van der Waals surface area contributed by atoms with Crippen LogP contribution in [0.3, 0.4) is 0 Å². The van der Waals surface area contributed by atoms with Crippen LogP contribution >= 0.6 is 0 Å². The first-order chi connectivity index (χ1) is 9.21. The van der Waals surface area contributed by atoms with Crippen LogP contribution in [0.1, 0.15) is 15.9 Å². The van der Waals surface area contributed by atoms with Gasteiger partial charge in [0.1, 0.15) is 5.82 Å². The molecule has 1 rings (SSSR count). The van der Waals surface area contributed by atoms with Gasteiger partial charge in [0, 0.05) is 18.7 Å². The maximum absolute atomic E-state index is 13.1. The molecule has 0 saturated heterocycles. The number of hydrogen-bond donors (Lipinski definition) is 1. The van der Waals surface area contributed by atoms with Gasteiger partial charge in [-0.15, -0.1) is 0 Å². The van der Waals surface area contributed by atoms with Crippen LogP contribution in [0.4, 0.5) is 17.6 Å². The molecule has 0 fully saturated rings. The lowest BCUT2D eigenvalue weighted by molar-refractivity contribution is -0.140. The zero-order valence-corrected chi connectivity index (χ0v) is 11.2. The van der Waals surface area contributed by atoms with Crippen molar-refractivity contribution in [3.63, 3.8) is 0 Å². The zero-order chi connectivity index (χ0) is 15.3. The monoisotopic (exact) mass is 292 g/mol. The summed E-state index contributed by atoms with van der Waals surface area (Å²) in [4.78, 5) is 13.6. The summed E-state index contributed by atoms with van der Waals surface area (Å²) in [6.07, 6.45) is -4.81. The van der Waals surface area contributed by atoms with Crippen molar-refractivity contribution in [3.8, 4) is 0 Å². The molecular weight excluding hydrogens is 276 g/mol. The van der Waals surface area contributed by atoms with Crippen molar-refractivity contribution < 1.29 is 22.4 Å². The molecule has 1 aromatic rings. The Morgan fingerprint density at radius 3 is 2.50 bits per heavy atom. The fourth-order valence-corrected chi connectivity index (χ4v) is 1.52. The maximum Gasteiger partial charge on any atom is 0.419 e. The van der Waals surface area contributed by atoms with Crippen molar-refractivity contribution in [3.05, 3.63) is 35.1 Å². The van der Waals surface area contributed by atoms with E-state index in [4.69, 9.17) is 0 Å². The van der Waals surface area contributed by atoms with Crippen LogP contribution in [0.25, 0.3) is 0 Å². The summed E-state index contributed by atoms with van der Waals surface area (Å²) in [5.74, 6) is -1.89. The summed E-state index contributed by atoms with van der Waals surface area (Å²) >= 11 is 0. The number of likely N-dealkylation sites (N-methyl/N-ethyl adjacent to an activating group) is 1. The van der Waals surface area contributed by atoms with Crippen molar-refractivity contribution >= 4 is 5.78 Å². The maximum atomic E-state index is 13.1. The quantitative estimate of drug-likeness (QED) is 0.495. The lowest BCUT2D eigenvalue weighted by Crippen LogP contribution is -2.30. The van der Waals surface area contributed by atoms with Gasteiger partial charge in [0.15, 0.2) is 5.78 Å². The molecule has 3 nitrogen and oxygen atoms in total. The van der Waals surface area contributed by atoms with E-state index in [1.165, 1.54) is 0 Å². The molecule has 0 amide bonds. The van der Waals surface area contributed by atoms with E-state index in [2.05, 4.69) is 5.32 Å². The predicted molar refractivity (Wildman–Crippen MR) is 67.2 cm³/mol. The number of alkyl halides is 3. The summed E-state index contributed by atoms with van der Waals surface area (Å²) in [6.45, 7) is 1.15. The summed E-state index contributed by atoms with van der Waals surface area (Å²) in [5.41, 5.74) is -1.58. The number of rotatable bonds is 6. The van der Waals surface area contributed by atoms with Crippen LogP contribution in [0.2, 0.25) is 0 Å². The van der Waals surface area contributed by atoms with E-state index in [0.717, 1.165) is 6.07 Å². The van der Waals surface area contributed by atoms with Gasteiger partial charge in [-0.1, -0.05) is 0 Å². The third kappa shape index (κ3) is 4.90. The minimum Gasteiger partial charge on any atom is -0.308 e. The van der Waals surface area contributed by atoms with Crippen molar-refractivity contribution in [2.24, 2.45) is 0 Å². The van der Waals surface area contributed by atoms with Crippen LogP contribution in [0.5, 0.6) is 0 Å². The topological polar surface area (TPSA) is 32.3 Å². The third-order valence-electron chi connectivity index (χ3n) is 2.62. The number of nitrogens with one attached hydrogen (secondary N) is 1. The first-order valence-electron chi connectivity index (χ1n) is 5.97. The molecular formula is C13H16F4N2O. The van der Waals surface area contributed by atoms with Gasteiger partial charge in [-0.3, -0.25) is 4.79 Å². The second-order valence-electron chi connectivity index (χ2n) is 4.60. The average molecular weight is 292 g/mol. The largest absolute Gasteiger partial charge is 0.419 e. The number of hydrogen-bond acceptors (Lipinski definition) is 3. The van der Waals surface area contributed by atoms with Crippen LogP contribution in [0, 0.1) is 5.82 Å². The SMILES string of the molecule is CN(C)CCNCC(=O)c1ccc(F)c(C(F)(F)F)c1. The smallest absolute Gasteiger partial charge is 0.308 e. The summed E-state index contributed by atoms with van der Waals surface area (Å²) in [5, 5.41) is 2.82. The van der Waals surface area contributed by atoms with Crippen LogP contribution in [-0.2, 0) is 6.18 Å². The molecule has 0 saturated carbocycles. The van der Waals surface area contributed by atoms with Gasteiger partial charge < -0.3 is 10.2 Å². The number of halogens is 4. The predicted octanol–water partition coefficient (Wildman–Crippen LogP) is 2.18. The van der Waals surface area contributed by atoms with E-state index in [9.17, 15) is 22.4 Å². The molecule has 0 spiro atoms. The summed E-state index contributed by atoms with van der Waals surface area (Å²) in [6, 6.07) is 2.27. The number of Topliss-reactive ketones (excluding diaryl/α,β-unsaturated/α-hetero) is 1. The highest BCUT2D eigenvalue weighted by Gasteiger charge is 2.34. The highest BCUT2D eigenvalue weighted by atomic mass is 19.4. The Bertz CT molecular complexity index is 472. The molecule has 0 unspecified atom stereocenters. The molecule has 0 atom stereocenters. The first-order valence-corrected chi connectivity index (χ1v) is 5.97. The molecule has 0 aromatic heterocycles. The minimum atomic E-state index is -4.81. The Labute approximate surface area is 114 Å². The van der Waals surface area contributed by atoms with Crippen molar-refractivity contribution in [1.29, 1.82) is 0 Å². The standard InChI is InChI=1S/C13H16F4N2O/c1-19(2)6-5-18-8-12(20)9-3-4-11(14)10(7-9)13(15,16)17/h3-4,7,18H,5-6,8H2,1-2H3. The Morgan fingerprint density at radius 1 is 1.30 bits per heavy atom. The van der Waals surface area contributed by atoms with Gasteiger partial charge in [0.05, 0.1) is 12.1 Å². The van der Waals surface area contributed by atoms with Gasteiger partial charge in [-0.25, -0.2) is 4.39 Å². The number of carbonyl (C=O) groups excluding carboxylic acids is 1. The van der Waals surface area contributed by atoms with E-state index in [1.807, 2.05) is 19.0 Å². The highest BCUT2D eigenvalue weighted by molar-refractivity contribution is 5.97. The number of carbonyl (C=O) groups is 1. The van der Waals surface area contributed by atoms with Crippen molar-refractivity contribution in [1.82, 2.24) is 10.2 Å². The van der Waals surface area contributed by atoms with Crippen LogP contribution < -0.4 is 5.32 Å². The Hall–Kier alpha value is -1.47. The fraction of sp³-hybridized carbons (Fsp3) is 0.462. The molecule has 1 aromatic carbocycles. The van der Waals surface area contributed by atoms with E-state index < -0.39 is 23.3 Å². The van der Waals surface area contributed by atoms with Gasteiger partial charge in [0.25, 0.3) is 0 Å². The molecule has 0 heterocycles. The second-order valence-corrected chi connectivity index (χ2v) is 4.60. The fourth-order valence-electron chi connectivity index (χ4n) is 1.52. The van der Waals surface area contributed by atoms with Crippen LogP contribution in [0.15, 0.2) is 18.2 Å². The Kier molecular flexibility index (Phi) is 5.64. The number of nitrogens with zero attached hydrogens (tertiary/aromatic N) is 1. The molecule has 0 aliphatic heterocycles. The zero-order valence-electron chi connectivity index (χ0n) is 11.2. The van der Waals surface area contributed by atoms with Crippen molar-refractivity contribution in [2.45, 2.75) is 6.18 Å². The summed E-state index contributed by atoms with van der Waals surface area (Å²) in [7, 11) is 3.72.